The van der Waals surface area contributed by atoms with Crippen LogP contribution in [0.3, 0.4) is 0 Å². The molecule has 2 aromatic rings. The first kappa shape index (κ1) is 25.8. The van der Waals surface area contributed by atoms with E-state index in [9.17, 15) is 14.3 Å². The van der Waals surface area contributed by atoms with Crippen molar-refractivity contribution in [2.24, 2.45) is 0 Å². The van der Waals surface area contributed by atoms with Crippen molar-refractivity contribution in [1.29, 1.82) is 0 Å². The normalized spacial score (nSPS) is 14.8. The molecule has 2 aromatic heterocycles. The van der Waals surface area contributed by atoms with Crippen molar-refractivity contribution >= 4 is 17.7 Å². The molecule has 3 N–H and O–H groups in total. The zero-order chi connectivity index (χ0) is 24.3. The number of halogens is 1. The van der Waals surface area contributed by atoms with Crippen molar-refractivity contribution in [2.75, 3.05) is 43.9 Å². The van der Waals surface area contributed by atoms with Gasteiger partial charge in [0.25, 0.3) is 0 Å². The summed E-state index contributed by atoms with van der Waals surface area (Å²) in [6.45, 7) is 5.08. The van der Waals surface area contributed by atoms with Gasteiger partial charge < -0.3 is 25.4 Å². The maximum Gasteiger partial charge on any atom is 0.326 e. The molecule has 2 atom stereocenters. The first-order chi connectivity index (χ1) is 16.4. The molecule has 0 saturated heterocycles. The quantitative estimate of drug-likeness (QED) is 0.356. The molecular formula is C24H35FN6O3. The number of anilines is 2. The lowest BCUT2D eigenvalue weighted by molar-refractivity contribution is -0.138. The van der Waals surface area contributed by atoms with Crippen molar-refractivity contribution in [3.05, 3.63) is 41.6 Å². The number of aliphatic carboxylic acids is 1. The fourth-order valence-electron chi connectivity index (χ4n) is 3.99. The van der Waals surface area contributed by atoms with E-state index in [1.165, 1.54) is 5.56 Å². The molecule has 0 spiro atoms. The SMILES string of the molecule is COC(C)CN(CCCCc1ccc2c(n1)NCCC2)CCC(Nc1ncc(F)cn1)C(=O)O. The summed E-state index contributed by atoms with van der Waals surface area (Å²) in [5, 5.41) is 15.8. The smallest absolute Gasteiger partial charge is 0.326 e. The number of methoxy groups -OCH3 is 1. The van der Waals surface area contributed by atoms with Crippen LogP contribution in [0.1, 0.15) is 43.9 Å². The van der Waals surface area contributed by atoms with Gasteiger partial charge in [-0.05, 0) is 63.6 Å². The average Bonchev–Trinajstić information content (AvgIpc) is 2.84. The number of carboxylic acid groups (broad SMARTS) is 1. The molecule has 9 nitrogen and oxygen atoms in total. The summed E-state index contributed by atoms with van der Waals surface area (Å²) in [6.07, 6.45) is 7.50. The first-order valence-electron chi connectivity index (χ1n) is 11.9. The molecule has 1 aliphatic rings. The van der Waals surface area contributed by atoms with Gasteiger partial charge in [-0.2, -0.15) is 0 Å². The first-order valence-corrected chi connectivity index (χ1v) is 11.9. The third-order valence-corrected chi connectivity index (χ3v) is 5.98. The largest absolute Gasteiger partial charge is 0.480 e. The zero-order valence-corrected chi connectivity index (χ0v) is 20.0. The van der Waals surface area contributed by atoms with Crippen LogP contribution >= 0.6 is 0 Å². The number of ether oxygens (including phenoxy) is 1. The van der Waals surface area contributed by atoms with Crippen LogP contribution in [0.15, 0.2) is 24.5 Å². The number of rotatable bonds is 14. The number of nitrogens with zero attached hydrogens (tertiary/aromatic N) is 4. The lowest BCUT2D eigenvalue weighted by atomic mass is 10.1. The summed E-state index contributed by atoms with van der Waals surface area (Å²) in [5.74, 6) is -0.451. The second kappa shape index (κ2) is 13.1. The molecule has 0 aromatic carbocycles. The predicted octanol–water partition coefficient (Wildman–Crippen LogP) is 2.98. The Morgan fingerprint density at radius 2 is 2.09 bits per heavy atom. The van der Waals surface area contributed by atoms with Crippen LogP contribution in [-0.2, 0) is 22.4 Å². The molecule has 3 heterocycles. The number of unbranched alkanes of at least 4 members (excludes halogenated alkanes) is 1. The third-order valence-electron chi connectivity index (χ3n) is 5.98. The van der Waals surface area contributed by atoms with Crippen LogP contribution < -0.4 is 10.6 Å². The maximum atomic E-state index is 13.0. The number of pyridine rings is 1. The van der Waals surface area contributed by atoms with E-state index in [0.29, 0.717) is 19.5 Å². The highest BCUT2D eigenvalue weighted by Crippen LogP contribution is 2.20. The molecule has 2 unspecified atom stereocenters. The average molecular weight is 475 g/mol. The molecule has 0 saturated carbocycles. The van der Waals surface area contributed by atoms with Crippen LogP contribution in [0, 0.1) is 5.82 Å². The second-order valence-electron chi connectivity index (χ2n) is 8.69. The Labute approximate surface area is 200 Å². The summed E-state index contributed by atoms with van der Waals surface area (Å²) in [5.41, 5.74) is 2.39. The van der Waals surface area contributed by atoms with Crippen molar-refractivity contribution in [3.8, 4) is 0 Å². The molecule has 0 aliphatic carbocycles. The predicted molar refractivity (Wildman–Crippen MR) is 129 cm³/mol. The zero-order valence-electron chi connectivity index (χ0n) is 20.0. The molecule has 0 bridgehead atoms. The van der Waals surface area contributed by atoms with Crippen molar-refractivity contribution in [3.63, 3.8) is 0 Å². The fourth-order valence-corrected chi connectivity index (χ4v) is 3.99. The van der Waals surface area contributed by atoms with Gasteiger partial charge in [-0.1, -0.05) is 6.07 Å². The number of fused-ring (bicyclic) bond motifs is 1. The van der Waals surface area contributed by atoms with Gasteiger partial charge in [0.2, 0.25) is 5.95 Å². The van der Waals surface area contributed by atoms with Gasteiger partial charge >= 0.3 is 5.97 Å². The number of aromatic nitrogens is 3. The maximum absolute atomic E-state index is 13.0. The van der Waals surface area contributed by atoms with Gasteiger partial charge in [-0.3, -0.25) is 0 Å². The summed E-state index contributed by atoms with van der Waals surface area (Å²) < 4.78 is 18.5. The number of carboxylic acids is 1. The number of hydrogen-bond donors (Lipinski definition) is 3. The highest BCUT2D eigenvalue weighted by Gasteiger charge is 2.20. The standard InChI is InChI=1S/C24H35FN6O3/c1-17(34-2)16-31(13-10-21(23(32)33)30-24-27-14-19(25)15-28-24)12-4-3-7-20-9-8-18-6-5-11-26-22(18)29-20/h8-9,14-15,17,21H,3-7,10-13,16H2,1-2H3,(H,26,29)(H,32,33)(H,27,28,30). The Bertz CT molecular complexity index is 914. The molecule has 186 valence electrons. The monoisotopic (exact) mass is 474 g/mol. The molecule has 10 heteroatoms. The lowest BCUT2D eigenvalue weighted by Gasteiger charge is -2.26. The summed E-state index contributed by atoms with van der Waals surface area (Å²) in [7, 11) is 1.67. The van der Waals surface area contributed by atoms with E-state index in [0.717, 1.165) is 69.1 Å². The van der Waals surface area contributed by atoms with Gasteiger partial charge in [0, 0.05) is 32.4 Å². The van der Waals surface area contributed by atoms with Gasteiger partial charge in [-0.15, -0.1) is 0 Å². The Hall–Kier alpha value is -2.85. The number of carbonyl (C=O) groups is 1. The second-order valence-corrected chi connectivity index (χ2v) is 8.69. The Balaban J connectivity index is 1.49. The van der Waals surface area contributed by atoms with E-state index in [1.54, 1.807) is 7.11 Å². The van der Waals surface area contributed by atoms with Crippen LogP contribution in [0.5, 0.6) is 0 Å². The summed E-state index contributed by atoms with van der Waals surface area (Å²) in [6, 6.07) is 3.43. The highest BCUT2D eigenvalue weighted by molar-refractivity contribution is 5.76. The van der Waals surface area contributed by atoms with Crippen molar-refractivity contribution in [2.45, 2.75) is 57.6 Å². The molecule has 0 fully saturated rings. The van der Waals surface area contributed by atoms with Gasteiger partial charge in [0.1, 0.15) is 11.9 Å². The number of nitrogens with one attached hydrogen (secondary N) is 2. The van der Waals surface area contributed by atoms with Gasteiger partial charge in [-0.25, -0.2) is 24.1 Å². The molecule has 1 aliphatic heterocycles. The van der Waals surface area contributed by atoms with E-state index in [2.05, 4.69) is 37.6 Å². The van der Waals surface area contributed by atoms with E-state index >= 15 is 0 Å². The lowest BCUT2D eigenvalue weighted by Crippen LogP contribution is -2.38. The fraction of sp³-hybridized carbons (Fsp3) is 0.583. The van der Waals surface area contributed by atoms with Crippen LogP contribution in [-0.4, -0.2) is 76.4 Å². The minimum absolute atomic E-state index is 0.0325. The van der Waals surface area contributed by atoms with E-state index in [-0.39, 0.29) is 12.1 Å². The molecular weight excluding hydrogens is 439 g/mol. The Morgan fingerprint density at radius 3 is 2.82 bits per heavy atom. The Morgan fingerprint density at radius 1 is 1.29 bits per heavy atom. The van der Waals surface area contributed by atoms with E-state index < -0.39 is 17.8 Å². The van der Waals surface area contributed by atoms with Crippen LogP contribution in [0.4, 0.5) is 16.2 Å². The van der Waals surface area contributed by atoms with Crippen molar-refractivity contribution in [1.82, 2.24) is 19.9 Å². The molecule has 34 heavy (non-hydrogen) atoms. The third kappa shape index (κ3) is 8.18. The van der Waals surface area contributed by atoms with E-state index in [4.69, 9.17) is 9.72 Å². The summed E-state index contributed by atoms with van der Waals surface area (Å²) >= 11 is 0. The minimum Gasteiger partial charge on any atom is -0.480 e. The topological polar surface area (TPSA) is 113 Å². The minimum atomic E-state index is -1.00. The Kier molecular flexibility index (Phi) is 9.96. The van der Waals surface area contributed by atoms with Crippen molar-refractivity contribution < 1.29 is 19.0 Å². The number of aryl methyl sites for hydroxylation is 2. The molecule has 0 amide bonds. The van der Waals surface area contributed by atoms with Gasteiger partial charge in [0.15, 0.2) is 5.82 Å². The van der Waals surface area contributed by atoms with Crippen LogP contribution in [0.25, 0.3) is 0 Å². The summed E-state index contributed by atoms with van der Waals surface area (Å²) in [4.78, 5) is 26.3. The van der Waals surface area contributed by atoms with E-state index in [1.807, 2.05) is 6.92 Å². The van der Waals surface area contributed by atoms with Crippen LogP contribution in [0.2, 0.25) is 0 Å². The molecule has 3 rings (SSSR count). The molecule has 0 radical (unpaired) electrons. The van der Waals surface area contributed by atoms with Gasteiger partial charge in [0.05, 0.1) is 18.5 Å². The highest BCUT2D eigenvalue weighted by atomic mass is 19.1. The number of hydrogen-bond acceptors (Lipinski definition) is 8.